The minimum Gasteiger partial charge on any atom is -0.481 e. The molecule has 52 heavy (non-hydrogen) atoms. The number of aliphatic hydroxyl groups excluding tert-OH is 2. The summed E-state index contributed by atoms with van der Waals surface area (Å²) < 4.78 is 0. The molecule has 2 aliphatic heterocycles. The predicted molar refractivity (Wildman–Crippen MR) is 206 cm³/mol. The van der Waals surface area contributed by atoms with Crippen molar-refractivity contribution < 1.29 is 30.0 Å². The van der Waals surface area contributed by atoms with Crippen LogP contribution in [0.4, 0.5) is 0 Å². The van der Waals surface area contributed by atoms with Gasteiger partial charge in [0.15, 0.2) is 0 Å². The number of carboxylic acids is 2. The number of carboxylic acid groups (broad SMARTS) is 2. The van der Waals surface area contributed by atoms with Crippen molar-refractivity contribution in [3.05, 3.63) is 105 Å². The number of carbonyl (C=O) groups is 2. The first-order chi connectivity index (χ1) is 24.5. The summed E-state index contributed by atoms with van der Waals surface area (Å²) >= 11 is 14.5. The van der Waals surface area contributed by atoms with Crippen molar-refractivity contribution in [1.29, 1.82) is 0 Å². The molecular weight excluding hydrogens is 699 g/mol. The Hall–Kier alpha value is -3.76. The summed E-state index contributed by atoms with van der Waals surface area (Å²) in [5.74, 6) is -2.01. The predicted octanol–water partition coefficient (Wildman–Crippen LogP) is 7.85. The van der Waals surface area contributed by atoms with Gasteiger partial charge >= 0.3 is 11.9 Å². The fourth-order valence-electron chi connectivity index (χ4n) is 8.22. The summed E-state index contributed by atoms with van der Waals surface area (Å²) in [6, 6.07) is 24.8. The quantitative estimate of drug-likeness (QED) is 0.123. The Morgan fingerprint density at radius 1 is 0.635 bits per heavy atom. The van der Waals surface area contributed by atoms with Crippen molar-refractivity contribution in [2.75, 3.05) is 26.2 Å². The number of β-amino-alcohol motifs (C(OH)–C–C–N with tert-alkyl or cyclic N) is 2. The van der Waals surface area contributed by atoms with E-state index in [9.17, 15) is 19.8 Å². The monoisotopic (exact) mass is 744 g/mol. The molecule has 10 heteroatoms. The zero-order chi connectivity index (χ0) is 37.5. The lowest BCUT2D eigenvalue weighted by Gasteiger charge is -2.41. The number of aliphatic carboxylic acids is 2. The number of aliphatic hydroxyl groups is 2. The topological polar surface area (TPSA) is 122 Å². The van der Waals surface area contributed by atoms with Gasteiger partial charge in [0.05, 0.1) is 35.1 Å². The molecule has 6 rings (SSSR count). The lowest BCUT2D eigenvalue weighted by atomic mass is 9.77. The molecule has 0 aromatic heterocycles. The fourth-order valence-corrected chi connectivity index (χ4v) is 8.89. The van der Waals surface area contributed by atoms with Crippen LogP contribution in [-0.4, -0.2) is 80.6 Å². The number of benzene rings is 4. The lowest BCUT2D eigenvalue weighted by molar-refractivity contribution is -0.140. The Morgan fingerprint density at radius 2 is 1.00 bits per heavy atom. The summed E-state index contributed by atoms with van der Waals surface area (Å²) in [7, 11) is 0. The van der Waals surface area contributed by atoms with Crippen LogP contribution >= 0.6 is 23.2 Å². The minimum absolute atomic E-state index is 0.238. The molecule has 8 nitrogen and oxygen atoms in total. The maximum atomic E-state index is 11.1. The van der Waals surface area contributed by atoms with Gasteiger partial charge < -0.3 is 20.4 Å². The van der Waals surface area contributed by atoms with Crippen LogP contribution in [0.3, 0.4) is 0 Å². The maximum absolute atomic E-state index is 11.1. The van der Waals surface area contributed by atoms with E-state index >= 15 is 0 Å². The van der Waals surface area contributed by atoms with Crippen molar-refractivity contribution in [3.63, 3.8) is 0 Å². The highest BCUT2D eigenvalue weighted by Crippen LogP contribution is 2.45. The zero-order valence-corrected chi connectivity index (χ0v) is 31.5. The summed E-state index contributed by atoms with van der Waals surface area (Å²) in [6.07, 6.45) is -2.41. The summed E-state index contributed by atoms with van der Waals surface area (Å²) in [6.45, 7) is 11.9. The van der Waals surface area contributed by atoms with Gasteiger partial charge in [0.25, 0.3) is 0 Å². The molecule has 0 saturated heterocycles. The van der Waals surface area contributed by atoms with Crippen molar-refractivity contribution in [2.24, 2.45) is 0 Å². The molecule has 2 unspecified atom stereocenters. The minimum atomic E-state index is -1.01. The van der Waals surface area contributed by atoms with E-state index in [4.69, 9.17) is 33.4 Å². The number of halogens is 2. The Labute approximate surface area is 315 Å². The highest BCUT2D eigenvalue weighted by molar-refractivity contribution is 6.39. The summed E-state index contributed by atoms with van der Waals surface area (Å²) in [5, 5.41) is 40.0. The zero-order valence-electron chi connectivity index (χ0n) is 30.0. The molecule has 0 amide bonds. The van der Waals surface area contributed by atoms with Crippen LogP contribution in [0.5, 0.6) is 0 Å². The average Bonchev–Trinajstić information content (AvgIpc) is 3.04. The molecule has 0 fully saturated rings. The van der Waals surface area contributed by atoms with E-state index in [0.717, 1.165) is 44.5 Å². The third-order valence-corrected chi connectivity index (χ3v) is 11.2. The fraction of sp³-hybridized carbons (Fsp3) is 0.381. The van der Waals surface area contributed by atoms with Crippen molar-refractivity contribution >= 4 is 35.1 Å². The van der Waals surface area contributed by atoms with E-state index < -0.39 is 24.1 Å². The maximum Gasteiger partial charge on any atom is 0.306 e. The first kappa shape index (κ1) is 38.0. The van der Waals surface area contributed by atoms with Gasteiger partial charge in [-0.05, 0) is 33.4 Å². The van der Waals surface area contributed by atoms with E-state index in [1.807, 2.05) is 36.4 Å². The van der Waals surface area contributed by atoms with Crippen LogP contribution in [0.2, 0.25) is 10.0 Å². The van der Waals surface area contributed by atoms with Gasteiger partial charge in [0.1, 0.15) is 0 Å². The van der Waals surface area contributed by atoms with Gasteiger partial charge in [-0.1, -0.05) is 124 Å². The van der Waals surface area contributed by atoms with Gasteiger partial charge in [-0.25, -0.2) is 0 Å². The molecule has 4 N–H and O–H groups in total. The standard InChI is InChI=1S/C42H46Cl2N2O6/c1-41(2)23-45(21-29(47)17-37(49)50)19-27-13-11-25(15-35(27)41)31-7-5-9-33(39(31)43)34-10-6-8-32(40(34)44)26-12-14-28-20-46(22-30(48)18-38(51)52)24-42(3,4)36(28)16-26/h5-16,29-30,47-48H,17-24H2,1-4H3,(H,49,50)(H,51,52). The second-order valence-electron chi connectivity index (χ2n) is 15.7. The molecule has 2 atom stereocenters. The van der Waals surface area contributed by atoms with Crippen molar-refractivity contribution in [2.45, 2.75) is 76.7 Å². The highest BCUT2D eigenvalue weighted by atomic mass is 35.5. The first-order valence-corrected chi connectivity index (χ1v) is 18.4. The Balaban J connectivity index is 1.28. The van der Waals surface area contributed by atoms with E-state index in [2.05, 4.69) is 73.9 Å². The van der Waals surface area contributed by atoms with Crippen LogP contribution in [0.15, 0.2) is 72.8 Å². The van der Waals surface area contributed by atoms with Gasteiger partial charge in [0, 0.05) is 72.4 Å². The highest BCUT2D eigenvalue weighted by Gasteiger charge is 2.34. The smallest absolute Gasteiger partial charge is 0.306 e. The third kappa shape index (κ3) is 8.08. The third-order valence-electron chi connectivity index (χ3n) is 10.4. The lowest BCUT2D eigenvalue weighted by Crippen LogP contribution is -2.45. The van der Waals surface area contributed by atoms with Crippen molar-refractivity contribution in [1.82, 2.24) is 9.80 Å². The molecular formula is C42H46Cl2N2O6. The summed E-state index contributed by atoms with van der Waals surface area (Å²) in [4.78, 5) is 26.4. The van der Waals surface area contributed by atoms with Gasteiger partial charge in [-0.2, -0.15) is 0 Å². The van der Waals surface area contributed by atoms with E-state index in [1.54, 1.807) is 0 Å². The molecule has 0 bridgehead atoms. The molecule has 0 spiro atoms. The number of fused-ring (bicyclic) bond motifs is 2. The van der Waals surface area contributed by atoms with Gasteiger partial charge in [-0.3, -0.25) is 19.4 Å². The van der Waals surface area contributed by atoms with Crippen LogP contribution in [0, 0.1) is 0 Å². The number of hydrogen-bond donors (Lipinski definition) is 4. The normalized spacial score (nSPS) is 17.9. The van der Waals surface area contributed by atoms with E-state index in [1.165, 1.54) is 11.1 Å². The SMILES string of the molecule is CC1(C)CN(CC(O)CC(=O)O)Cc2ccc(-c3cccc(-c4cccc(-c5ccc6c(c5)C(C)(C)CN(CC(O)CC(=O)O)C6)c4Cl)c3Cl)cc21. The second-order valence-corrected chi connectivity index (χ2v) is 16.4. The van der Waals surface area contributed by atoms with Crippen LogP contribution in [0.1, 0.15) is 62.8 Å². The molecule has 0 aliphatic carbocycles. The van der Waals surface area contributed by atoms with Crippen LogP contribution in [0.25, 0.3) is 33.4 Å². The van der Waals surface area contributed by atoms with Gasteiger partial charge in [-0.15, -0.1) is 0 Å². The first-order valence-electron chi connectivity index (χ1n) is 17.6. The Kier molecular flexibility index (Phi) is 10.9. The molecule has 2 aliphatic rings. The van der Waals surface area contributed by atoms with Crippen LogP contribution in [-0.2, 0) is 33.5 Å². The average molecular weight is 746 g/mol. The number of hydrogen-bond acceptors (Lipinski definition) is 6. The number of rotatable bonds is 11. The van der Waals surface area contributed by atoms with Crippen molar-refractivity contribution in [3.8, 4) is 33.4 Å². The molecule has 0 radical (unpaired) electrons. The molecule has 0 saturated carbocycles. The van der Waals surface area contributed by atoms with Gasteiger partial charge in [0.2, 0.25) is 0 Å². The Morgan fingerprint density at radius 3 is 1.37 bits per heavy atom. The van der Waals surface area contributed by atoms with E-state index in [0.29, 0.717) is 49.3 Å². The number of nitrogens with zero attached hydrogens (tertiary/aromatic N) is 2. The molecule has 274 valence electrons. The van der Waals surface area contributed by atoms with E-state index in [-0.39, 0.29) is 23.7 Å². The largest absolute Gasteiger partial charge is 0.481 e. The second kappa shape index (κ2) is 14.9. The van der Waals surface area contributed by atoms with Crippen LogP contribution < -0.4 is 0 Å². The molecule has 4 aromatic carbocycles. The Bertz CT molecular complexity index is 1870. The molecule has 4 aromatic rings. The summed E-state index contributed by atoms with van der Waals surface area (Å²) in [5.41, 5.74) is 9.64. The molecule has 2 heterocycles.